The van der Waals surface area contributed by atoms with Crippen LogP contribution in [0.5, 0.6) is 5.75 Å². The van der Waals surface area contributed by atoms with Crippen molar-refractivity contribution in [1.29, 1.82) is 0 Å². The molecule has 1 rings (SSSR count). The molecular weight excluding hydrogens is 302 g/mol. The summed E-state index contributed by atoms with van der Waals surface area (Å²) in [6.07, 6.45) is 0. The Morgan fingerprint density at radius 1 is 1.38 bits per heavy atom. The number of benzene rings is 1. The first kappa shape index (κ1) is 10.8. The van der Waals surface area contributed by atoms with Crippen molar-refractivity contribution in [2.24, 2.45) is 0 Å². The van der Waals surface area contributed by atoms with Crippen LogP contribution in [0.15, 0.2) is 24.3 Å². The molecule has 0 saturated heterocycles. The summed E-state index contributed by atoms with van der Waals surface area (Å²) < 4.78 is 6.27. The molecule has 0 bridgehead atoms. The molecule has 0 saturated carbocycles. The fraction of sp³-hybridized carbons (Fsp3) is 0.222. The third kappa shape index (κ3) is 3.52. The minimum atomic E-state index is -0.444. The van der Waals surface area contributed by atoms with Gasteiger partial charge < -0.3 is 4.74 Å². The van der Waals surface area contributed by atoms with E-state index in [-0.39, 0.29) is 0 Å². The first-order valence-corrected chi connectivity index (χ1v) is 5.63. The molecule has 0 atom stereocenters. The van der Waals surface area contributed by atoms with Crippen LogP contribution in [0.25, 0.3) is 0 Å². The zero-order valence-corrected chi connectivity index (χ0v) is 9.71. The largest absolute Gasteiger partial charge is 0.493 e. The van der Waals surface area contributed by atoms with E-state index < -0.39 is 5.24 Å². The van der Waals surface area contributed by atoms with E-state index in [1.54, 1.807) is 24.3 Å². The van der Waals surface area contributed by atoms with Crippen LogP contribution in [0.2, 0.25) is 0 Å². The van der Waals surface area contributed by atoms with Crippen molar-refractivity contribution in [1.82, 2.24) is 0 Å². The number of alkyl halides is 1. The predicted octanol–water partition coefficient (Wildman–Crippen LogP) is 2.88. The lowest BCUT2D eigenvalue weighted by molar-refractivity contribution is 0.108. The number of carbonyl (C=O) groups is 1. The highest BCUT2D eigenvalue weighted by Gasteiger charge is 2.00. The first-order valence-electron chi connectivity index (χ1n) is 3.72. The molecule has 1 aromatic rings. The Morgan fingerprint density at radius 3 is 2.46 bits per heavy atom. The Labute approximate surface area is 95.4 Å². The van der Waals surface area contributed by atoms with Gasteiger partial charge in [0.2, 0.25) is 0 Å². The van der Waals surface area contributed by atoms with E-state index in [2.05, 4.69) is 22.6 Å². The van der Waals surface area contributed by atoms with Gasteiger partial charge in [0.25, 0.3) is 5.24 Å². The van der Waals surface area contributed by atoms with Gasteiger partial charge in [0.1, 0.15) is 5.75 Å². The topological polar surface area (TPSA) is 26.3 Å². The number of hydrogen-bond acceptors (Lipinski definition) is 2. The molecule has 4 heteroatoms. The summed E-state index contributed by atoms with van der Waals surface area (Å²) in [6.45, 7) is 0.675. The second-order valence-corrected chi connectivity index (χ2v) is 3.76. The smallest absolute Gasteiger partial charge is 0.252 e. The number of ether oxygens (including phenoxy) is 1. The number of halogens is 2. The van der Waals surface area contributed by atoms with E-state index in [0.29, 0.717) is 12.2 Å². The summed E-state index contributed by atoms with van der Waals surface area (Å²) >= 11 is 7.51. The van der Waals surface area contributed by atoms with Crippen LogP contribution >= 0.6 is 34.2 Å². The van der Waals surface area contributed by atoms with Gasteiger partial charge in [-0.2, -0.15) is 0 Å². The van der Waals surface area contributed by atoms with Crippen molar-refractivity contribution in [3.63, 3.8) is 0 Å². The monoisotopic (exact) mass is 310 g/mol. The van der Waals surface area contributed by atoms with Crippen molar-refractivity contribution in [3.8, 4) is 5.75 Å². The zero-order valence-electron chi connectivity index (χ0n) is 6.80. The number of carbonyl (C=O) groups excluding carboxylic acids is 1. The second kappa shape index (κ2) is 5.44. The van der Waals surface area contributed by atoms with Gasteiger partial charge in [-0.1, -0.05) is 22.6 Å². The molecule has 0 aliphatic rings. The molecule has 0 aliphatic heterocycles. The highest BCUT2D eigenvalue weighted by molar-refractivity contribution is 14.1. The molecule has 0 fully saturated rings. The maximum atomic E-state index is 10.7. The summed E-state index contributed by atoms with van der Waals surface area (Å²) in [5.74, 6) is 0.762. The molecule has 0 aliphatic carbocycles. The third-order valence-electron chi connectivity index (χ3n) is 1.43. The summed E-state index contributed by atoms with van der Waals surface area (Å²) in [7, 11) is 0. The van der Waals surface area contributed by atoms with Crippen molar-refractivity contribution >= 4 is 39.4 Å². The van der Waals surface area contributed by atoms with Crippen LogP contribution in [-0.4, -0.2) is 16.3 Å². The third-order valence-corrected chi connectivity index (χ3v) is 2.09. The normalized spacial score (nSPS) is 9.69. The molecule has 2 nitrogen and oxygen atoms in total. The minimum absolute atomic E-state index is 0.444. The first-order chi connectivity index (χ1) is 6.24. The standard InChI is InChI=1S/C9H8ClIO2/c10-9(12)7-1-3-8(4-2-7)13-6-5-11/h1-4H,5-6H2. The summed E-state index contributed by atoms with van der Waals surface area (Å²) in [5.41, 5.74) is 0.489. The van der Waals surface area contributed by atoms with Gasteiger partial charge in [-0.05, 0) is 35.9 Å². The highest BCUT2D eigenvalue weighted by Crippen LogP contribution is 2.13. The Balaban J connectivity index is 2.64. The average molecular weight is 311 g/mol. The quantitative estimate of drug-likeness (QED) is 0.485. The fourth-order valence-electron chi connectivity index (χ4n) is 0.839. The zero-order chi connectivity index (χ0) is 9.68. The van der Waals surface area contributed by atoms with Crippen LogP contribution in [0.1, 0.15) is 10.4 Å². The molecule has 0 amide bonds. The number of rotatable bonds is 4. The van der Waals surface area contributed by atoms with Crippen LogP contribution in [0, 0.1) is 0 Å². The van der Waals surface area contributed by atoms with E-state index >= 15 is 0 Å². The summed E-state index contributed by atoms with van der Waals surface area (Å²) in [4.78, 5) is 10.7. The van der Waals surface area contributed by atoms with Crippen LogP contribution < -0.4 is 4.74 Å². The molecule has 0 spiro atoms. The Bertz CT molecular complexity index is 284. The van der Waals surface area contributed by atoms with Crippen LogP contribution in [0.3, 0.4) is 0 Å². The lowest BCUT2D eigenvalue weighted by atomic mass is 10.2. The van der Waals surface area contributed by atoms with E-state index in [1.807, 2.05) is 0 Å². The molecule has 0 heterocycles. The molecule has 1 aromatic carbocycles. The Morgan fingerprint density at radius 2 is 2.00 bits per heavy atom. The molecule has 13 heavy (non-hydrogen) atoms. The van der Waals surface area contributed by atoms with Gasteiger partial charge in [-0.15, -0.1) is 0 Å². The van der Waals surface area contributed by atoms with Gasteiger partial charge in [0.05, 0.1) is 6.61 Å². The second-order valence-electron chi connectivity index (χ2n) is 2.34. The maximum absolute atomic E-state index is 10.7. The number of hydrogen-bond donors (Lipinski definition) is 0. The average Bonchev–Trinajstić information content (AvgIpc) is 2.15. The van der Waals surface area contributed by atoms with Gasteiger partial charge in [0, 0.05) is 9.99 Å². The summed E-state index contributed by atoms with van der Waals surface area (Å²) in [6, 6.07) is 6.78. The van der Waals surface area contributed by atoms with Gasteiger partial charge in [0.15, 0.2) is 0 Å². The Hall–Kier alpha value is -0.290. The van der Waals surface area contributed by atoms with E-state index in [9.17, 15) is 4.79 Å². The lowest BCUT2D eigenvalue weighted by Crippen LogP contribution is -1.97. The van der Waals surface area contributed by atoms with Crippen molar-refractivity contribution in [2.45, 2.75) is 0 Å². The fourth-order valence-corrected chi connectivity index (χ4v) is 1.18. The van der Waals surface area contributed by atoms with Gasteiger partial charge in [-0.3, -0.25) is 4.79 Å². The predicted molar refractivity (Wildman–Crippen MR) is 61.0 cm³/mol. The highest BCUT2D eigenvalue weighted by atomic mass is 127. The van der Waals surface area contributed by atoms with E-state index in [4.69, 9.17) is 16.3 Å². The van der Waals surface area contributed by atoms with Crippen molar-refractivity contribution in [2.75, 3.05) is 11.0 Å². The van der Waals surface area contributed by atoms with Crippen molar-refractivity contribution < 1.29 is 9.53 Å². The van der Waals surface area contributed by atoms with Gasteiger partial charge >= 0.3 is 0 Å². The molecule has 0 unspecified atom stereocenters. The van der Waals surface area contributed by atoms with Gasteiger partial charge in [-0.25, -0.2) is 0 Å². The van der Waals surface area contributed by atoms with E-state index in [1.165, 1.54) is 0 Å². The molecule has 70 valence electrons. The molecular formula is C9H8ClIO2. The summed E-state index contributed by atoms with van der Waals surface area (Å²) in [5, 5.41) is -0.444. The molecule has 0 N–H and O–H groups in total. The maximum Gasteiger partial charge on any atom is 0.252 e. The SMILES string of the molecule is O=C(Cl)c1ccc(OCCI)cc1. The van der Waals surface area contributed by atoms with Crippen LogP contribution in [0.4, 0.5) is 0 Å². The molecule has 0 radical (unpaired) electrons. The lowest BCUT2D eigenvalue weighted by Gasteiger charge is -2.03. The van der Waals surface area contributed by atoms with Crippen LogP contribution in [-0.2, 0) is 0 Å². The molecule has 0 aromatic heterocycles. The van der Waals surface area contributed by atoms with Crippen molar-refractivity contribution in [3.05, 3.63) is 29.8 Å². The Kier molecular flexibility index (Phi) is 4.52. The van der Waals surface area contributed by atoms with E-state index in [0.717, 1.165) is 10.2 Å². The minimum Gasteiger partial charge on any atom is -0.493 e.